The van der Waals surface area contributed by atoms with Crippen LogP contribution in [0.15, 0.2) is 18.3 Å². The van der Waals surface area contributed by atoms with Crippen molar-refractivity contribution in [2.75, 3.05) is 25.1 Å². The van der Waals surface area contributed by atoms with E-state index in [1.807, 2.05) is 6.07 Å². The Labute approximate surface area is 125 Å². The van der Waals surface area contributed by atoms with Gasteiger partial charge in [-0.05, 0) is 37.8 Å². The minimum Gasteiger partial charge on any atom is -0.381 e. The molecule has 112 valence electrons. The number of rotatable bonds is 5. The summed E-state index contributed by atoms with van der Waals surface area (Å²) in [7, 11) is 0. The molecule has 1 saturated heterocycles. The summed E-state index contributed by atoms with van der Waals surface area (Å²) in [6.45, 7) is 4.04. The highest BCUT2D eigenvalue weighted by Crippen LogP contribution is 2.21. The highest BCUT2D eigenvalue weighted by Gasteiger charge is 2.20. The van der Waals surface area contributed by atoms with Gasteiger partial charge in [0.05, 0.1) is 12.1 Å². The van der Waals surface area contributed by atoms with Crippen molar-refractivity contribution in [3.05, 3.63) is 23.9 Å². The van der Waals surface area contributed by atoms with Gasteiger partial charge in [-0.3, -0.25) is 4.79 Å². The van der Waals surface area contributed by atoms with E-state index in [1.165, 1.54) is 0 Å². The Morgan fingerprint density at radius 3 is 2.90 bits per heavy atom. The third-order valence-electron chi connectivity index (χ3n) is 3.73. The Kier molecular flexibility index (Phi) is 5.59. The Balaban J connectivity index is 1.89. The maximum absolute atomic E-state index is 11.7. The average Bonchev–Trinajstić information content (AvgIpc) is 2.54. The largest absolute Gasteiger partial charge is 0.381 e. The van der Waals surface area contributed by atoms with E-state index in [2.05, 4.69) is 28.5 Å². The minimum atomic E-state index is -0.204. The summed E-state index contributed by atoms with van der Waals surface area (Å²) in [5.41, 5.74) is 0.509. The third kappa shape index (κ3) is 4.47. The lowest BCUT2D eigenvalue weighted by Crippen LogP contribution is -2.31. The predicted molar refractivity (Wildman–Crippen MR) is 82.0 cm³/mol. The van der Waals surface area contributed by atoms with Gasteiger partial charge in [0.1, 0.15) is 5.82 Å². The van der Waals surface area contributed by atoms with Crippen molar-refractivity contribution in [1.82, 2.24) is 10.3 Å². The fraction of sp³-hybridized carbons (Fsp3) is 0.500. The van der Waals surface area contributed by atoms with Gasteiger partial charge in [0.2, 0.25) is 0 Å². The summed E-state index contributed by atoms with van der Waals surface area (Å²) >= 11 is 0. The molecule has 0 saturated carbocycles. The molecule has 5 heteroatoms. The molecule has 0 aromatic carbocycles. The Morgan fingerprint density at radius 2 is 2.29 bits per heavy atom. The number of carbonyl (C=O) groups is 1. The van der Waals surface area contributed by atoms with Crippen LogP contribution in [0.5, 0.6) is 0 Å². The van der Waals surface area contributed by atoms with Crippen LogP contribution in [0.1, 0.15) is 30.1 Å². The fourth-order valence-corrected chi connectivity index (χ4v) is 2.41. The van der Waals surface area contributed by atoms with E-state index in [0.29, 0.717) is 17.5 Å². The summed E-state index contributed by atoms with van der Waals surface area (Å²) in [4.78, 5) is 16.0. The molecule has 1 unspecified atom stereocenters. The second kappa shape index (κ2) is 7.65. The van der Waals surface area contributed by atoms with Gasteiger partial charge in [0.25, 0.3) is 5.91 Å². The molecule has 1 amide bonds. The molecule has 1 atom stereocenters. The molecular formula is C16H21N3O2. The van der Waals surface area contributed by atoms with Crippen molar-refractivity contribution in [2.24, 2.45) is 5.92 Å². The van der Waals surface area contributed by atoms with Gasteiger partial charge in [0, 0.05) is 25.5 Å². The van der Waals surface area contributed by atoms with Gasteiger partial charge in [0.15, 0.2) is 0 Å². The van der Waals surface area contributed by atoms with Crippen molar-refractivity contribution in [3.63, 3.8) is 0 Å². The molecule has 5 nitrogen and oxygen atoms in total. The van der Waals surface area contributed by atoms with Gasteiger partial charge in [-0.25, -0.2) is 4.98 Å². The summed E-state index contributed by atoms with van der Waals surface area (Å²) in [5, 5.41) is 6.00. The van der Waals surface area contributed by atoms with Crippen LogP contribution in [0.25, 0.3) is 0 Å². The zero-order chi connectivity index (χ0) is 15.1. The quantitative estimate of drug-likeness (QED) is 0.809. The number of nitrogens with zero attached hydrogens (tertiary/aromatic N) is 1. The number of pyridine rings is 1. The Morgan fingerprint density at radius 1 is 1.52 bits per heavy atom. The Bertz CT molecular complexity index is 501. The van der Waals surface area contributed by atoms with Crippen LogP contribution in [0.4, 0.5) is 5.82 Å². The van der Waals surface area contributed by atoms with Crippen molar-refractivity contribution in [2.45, 2.75) is 25.8 Å². The van der Waals surface area contributed by atoms with Crippen molar-refractivity contribution in [3.8, 4) is 12.3 Å². The number of hydrogen-bond donors (Lipinski definition) is 2. The van der Waals surface area contributed by atoms with Crippen molar-refractivity contribution < 1.29 is 9.53 Å². The van der Waals surface area contributed by atoms with E-state index in [0.717, 1.165) is 31.9 Å². The second-order valence-corrected chi connectivity index (χ2v) is 5.20. The summed E-state index contributed by atoms with van der Waals surface area (Å²) < 4.78 is 5.37. The SMILES string of the molecule is C#CCNC(=O)c1ccc(NC(C)C2CCOCC2)nc1. The maximum atomic E-state index is 11.7. The lowest BCUT2D eigenvalue weighted by molar-refractivity contribution is 0.0622. The first kappa shape index (κ1) is 15.3. The first-order chi connectivity index (χ1) is 10.2. The molecule has 2 N–H and O–H groups in total. The van der Waals surface area contributed by atoms with Crippen LogP contribution in [0.2, 0.25) is 0 Å². The number of ether oxygens (including phenoxy) is 1. The number of carbonyl (C=O) groups excluding carboxylic acids is 1. The van der Waals surface area contributed by atoms with Crippen LogP contribution in [0.3, 0.4) is 0 Å². The monoisotopic (exact) mass is 287 g/mol. The third-order valence-corrected chi connectivity index (χ3v) is 3.73. The zero-order valence-electron chi connectivity index (χ0n) is 12.3. The molecule has 2 heterocycles. The molecule has 1 aliphatic rings. The van der Waals surface area contributed by atoms with Crippen LogP contribution in [-0.4, -0.2) is 36.7 Å². The van der Waals surface area contributed by atoms with E-state index in [9.17, 15) is 4.79 Å². The normalized spacial score (nSPS) is 16.8. The molecule has 2 rings (SSSR count). The highest BCUT2D eigenvalue weighted by atomic mass is 16.5. The van der Waals surface area contributed by atoms with Gasteiger partial charge in [-0.2, -0.15) is 0 Å². The summed E-state index contributed by atoms with van der Waals surface area (Å²) in [6, 6.07) is 3.90. The van der Waals surface area contributed by atoms with E-state index >= 15 is 0 Å². The number of aromatic nitrogens is 1. The van der Waals surface area contributed by atoms with Gasteiger partial charge >= 0.3 is 0 Å². The Hall–Kier alpha value is -2.06. The van der Waals surface area contributed by atoms with Crippen LogP contribution in [-0.2, 0) is 4.74 Å². The zero-order valence-corrected chi connectivity index (χ0v) is 12.3. The average molecular weight is 287 g/mol. The topological polar surface area (TPSA) is 63.2 Å². The predicted octanol–water partition coefficient (Wildman–Crippen LogP) is 1.67. The van der Waals surface area contributed by atoms with Gasteiger partial charge < -0.3 is 15.4 Å². The van der Waals surface area contributed by atoms with Crippen LogP contribution >= 0.6 is 0 Å². The van der Waals surface area contributed by atoms with E-state index in [4.69, 9.17) is 11.2 Å². The molecule has 1 aromatic rings. The number of anilines is 1. The van der Waals surface area contributed by atoms with Crippen LogP contribution in [0, 0.1) is 18.3 Å². The molecule has 0 aliphatic carbocycles. The van der Waals surface area contributed by atoms with Crippen LogP contribution < -0.4 is 10.6 Å². The van der Waals surface area contributed by atoms with Gasteiger partial charge in [-0.15, -0.1) is 6.42 Å². The van der Waals surface area contributed by atoms with E-state index in [-0.39, 0.29) is 12.5 Å². The van der Waals surface area contributed by atoms with Crippen molar-refractivity contribution >= 4 is 11.7 Å². The lowest BCUT2D eigenvalue weighted by atomic mass is 9.93. The molecule has 0 bridgehead atoms. The molecule has 0 radical (unpaired) electrons. The molecule has 1 fully saturated rings. The molecule has 1 aromatic heterocycles. The molecule has 21 heavy (non-hydrogen) atoms. The summed E-state index contributed by atoms with van der Waals surface area (Å²) in [6.07, 6.45) is 8.81. The van der Waals surface area contributed by atoms with Crippen molar-refractivity contribution in [1.29, 1.82) is 0 Å². The smallest absolute Gasteiger partial charge is 0.253 e. The number of amides is 1. The minimum absolute atomic E-state index is 0.204. The maximum Gasteiger partial charge on any atom is 0.253 e. The lowest BCUT2D eigenvalue weighted by Gasteiger charge is -2.28. The molecule has 1 aliphatic heterocycles. The number of hydrogen-bond acceptors (Lipinski definition) is 4. The van der Waals surface area contributed by atoms with Gasteiger partial charge in [-0.1, -0.05) is 5.92 Å². The fourth-order valence-electron chi connectivity index (χ4n) is 2.41. The highest BCUT2D eigenvalue weighted by molar-refractivity contribution is 5.94. The first-order valence-electron chi connectivity index (χ1n) is 7.22. The molecule has 0 spiro atoms. The summed E-state index contributed by atoms with van der Waals surface area (Å²) in [5.74, 6) is 3.54. The van der Waals surface area contributed by atoms with E-state index in [1.54, 1.807) is 12.3 Å². The first-order valence-corrected chi connectivity index (χ1v) is 7.22. The standard InChI is InChI=1S/C16H21N3O2/c1-3-8-17-16(20)14-4-5-15(18-11-14)19-12(2)13-6-9-21-10-7-13/h1,4-5,11-13H,6-10H2,2H3,(H,17,20)(H,18,19). The number of terminal acetylenes is 1. The molecular weight excluding hydrogens is 266 g/mol. The van der Waals surface area contributed by atoms with E-state index < -0.39 is 0 Å². The second-order valence-electron chi connectivity index (χ2n) is 5.20. The number of nitrogens with one attached hydrogen (secondary N) is 2.